The van der Waals surface area contributed by atoms with E-state index in [4.69, 9.17) is 4.74 Å². The third kappa shape index (κ3) is 4.94. The van der Waals surface area contributed by atoms with Gasteiger partial charge in [0.2, 0.25) is 11.8 Å². The molecule has 0 bridgehead atoms. The predicted molar refractivity (Wildman–Crippen MR) is 112 cm³/mol. The van der Waals surface area contributed by atoms with Crippen molar-refractivity contribution >= 4 is 17.6 Å². The van der Waals surface area contributed by atoms with Crippen LogP contribution in [0.5, 0.6) is 5.88 Å². The number of anilines is 1. The van der Waals surface area contributed by atoms with Crippen molar-refractivity contribution in [2.24, 2.45) is 0 Å². The summed E-state index contributed by atoms with van der Waals surface area (Å²) < 4.78 is 5.81. The van der Waals surface area contributed by atoms with Gasteiger partial charge < -0.3 is 9.64 Å². The molecule has 8 nitrogen and oxygen atoms in total. The van der Waals surface area contributed by atoms with Crippen LogP contribution in [0, 0.1) is 0 Å². The largest absolute Gasteiger partial charge is 0.473 e. The number of carbonyl (C=O) groups excluding carboxylic acids is 2. The van der Waals surface area contributed by atoms with Crippen LogP contribution in [0.15, 0.2) is 42.7 Å². The number of hydrogen-bond donors (Lipinski definition) is 0. The van der Waals surface area contributed by atoms with Crippen molar-refractivity contribution in [1.82, 2.24) is 19.8 Å². The molecule has 2 aliphatic heterocycles. The zero-order valence-corrected chi connectivity index (χ0v) is 17.1. The molecule has 2 amide bonds. The van der Waals surface area contributed by atoms with Gasteiger partial charge in [-0.05, 0) is 12.0 Å². The zero-order valence-electron chi connectivity index (χ0n) is 17.1. The van der Waals surface area contributed by atoms with Crippen LogP contribution in [0.4, 0.5) is 5.82 Å². The Kier molecular flexibility index (Phi) is 6.53. The molecule has 30 heavy (non-hydrogen) atoms. The molecule has 0 N–H and O–H groups in total. The van der Waals surface area contributed by atoms with E-state index in [1.165, 1.54) is 10.5 Å². The number of hydrogen-bond acceptors (Lipinski definition) is 7. The number of aromatic nitrogens is 2. The van der Waals surface area contributed by atoms with Crippen molar-refractivity contribution in [3.8, 4) is 5.88 Å². The number of imide groups is 1. The summed E-state index contributed by atoms with van der Waals surface area (Å²) in [7, 11) is 0. The third-order valence-corrected chi connectivity index (χ3v) is 5.59. The van der Waals surface area contributed by atoms with E-state index in [9.17, 15) is 9.59 Å². The Balaban J connectivity index is 1.27. The van der Waals surface area contributed by atoms with Crippen molar-refractivity contribution in [3.05, 3.63) is 48.3 Å². The predicted octanol–water partition coefficient (Wildman–Crippen LogP) is 1.37. The molecule has 8 heteroatoms. The maximum Gasteiger partial charge on any atom is 0.257 e. The van der Waals surface area contributed by atoms with Gasteiger partial charge in [0.15, 0.2) is 5.82 Å². The van der Waals surface area contributed by atoms with Gasteiger partial charge in [0.1, 0.15) is 6.61 Å². The summed E-state index contributed by atoms with van der Waals surface area (Å²) in [6, 6.07) is 10.5. The molecule has 1 aromatic carbocycles. The average Bonchev–Trinajstić information content (AvgIpc) is 3.11. The van der Waals surface area contributed by atoms with E-state index >= 15 is 0 Å². The van der Waals surface area contributed by atoms with E-state index in [0.717, 1.165) is 45.0 Å². The fraction of sp³-hybridized carbons (Fsp3) is 0.455. The Morgan fingerprint density at radius 3 is 2.30 bits per heavy atom. The van der Waals surface area contributed by atoms with E-state index in [1.54, 1.807) is 12.4 Å². The molecule has 0 radical (unpaired) electrons. The summed E-state index contributed by atoms with van der Waals surface area (Å²) in [5.74, 6) is 0.915. The molecular weight excluding hydrogens is 382 g/mol. The first-order valence-corrected chi connectivity index (χ1v) is 10.5. The fourth-order valence-electron chi connectivity index (χ4n) is 3.86. The van der Waals surface area contributed by atoms with Crippen molar-refractivity contribution in [2.45, 2.75) is 19.3 Å². The summed E-state index contributed by atoms with van der Waals surface area (Å²) in [5, 5.41) is 0. The highest BCUT2D eigenvalue weighted by atomic mass is 16.5. The molecule has 0 unspecified atom stereocenters. The number of carbonyl (C=O) groups is 2. The topological polar surface area (TPSA) is 78.9 Å². The Labute approximate surface area is 176 Å². The van der Waals surface area contributed by atoms with Crippen molar-refractivity contribution in [2.75, 3.05) is 50.8 Å². The summed E-state index contributed by atoms with van der Waals surface area (Å²) in [5.41, 5.74) is 1.36. The summed E-state index contributed by atoms with van der Waals surface area (Å²) >= 11 is 0. The molecule has 3 heterocycles. The Morgan fingerprint density at radius 2 is 1.57 bits per heavy atom. The molecule has 2 fully saturated rings. The summed E-state index contributed by atoms with van der Waals surface area (Å²) in [6.07, 6.45) is 4.90. The van der Waals surface area contributed by atoms with Crippen LogP contribution in [0.3, 0.4) is 0 Å². The number of nitrogens with zero attached hydrogens (tertiary/aromatic N) is 5. The molecule has 0 aliphatic carbocycles. The molecule has 0 saturated carbocycles. The number of rotatable bonds is 8. The van der Waals surface area contributed by atoms with Crippen LogP contribution in [0.25, 0.3) is 0 Å². The van der Waals surface area contributed by atoms with Gasteiger partial charge in [-0.15, -0.1) is 0 Å². The zero-order chi connectivity index (χ0) is 20.8. The highest BCUT2D eigenvalue weighted by Crippen LogP contribution is 2.24. The van der Waals surface area contributed by atoms with E-state index < -0.39 is 0 Å². The van der Waals surface area contributed by atoms with Crippen LogP contribution in [0.2, 0.25) is 0 Å². The lowest BCUT2D eigenvalue weighted by Gasteiger charge is -2.35. The van der Waals surface area contributed by atoms with Crippen LogP contribution < -0.4 is 9.64 Å². The molecule has 1 aromatic heterocycles. The van der Waals surface area contributed by atoms with Crippen molar-refractivity contribution in [3.63, 3.8) is 0 Å². The van der Waals surface area contributed by atoms with Gasteiger partial charge in [-0.1, -0.05) is 30.3 Å². The molecule has 2 aromatic rings. The molecule has 0 atom stereocenters. The first-order valence-electron chi connectivity index (χ1n) is 10.5. The maximum absolute atomic E-state index is 11.7. The molecule has 4 rings (SSSR count). The van der Waals surface area contributed by atoms with E-state index in [1.807, 2.05) is 6.07 Å². The van der Waals surface area contributed by atoms with Crippen molar-refractivity contribution in [1.29, 1.82) is 0 Å². The number of benzene rings is 1. The van der Waals surface area contributed by atoms with Gasteiger partial charge in [-0.25, -0.2) is 9.97 Å². The Bertz CT molecular complexity index is 852. The van der Waals surface area contributed by atoms with Gasteiger partial charge >= 0.3 is 0 Å². The van der Waals surface area contributed by atoms with E-state index in [-0.39, 0.29) is 25.0 Å². The second-order valence-corrected chi connectivity index (χ2v) is 7.54. The van der Waals surface area contributed by atoms with Crippen LogP contribution >= 0.6 is 0 Å². The van der Waals surface area contributed by atoms with E-state index in [0.29, 0.717) is 18.7 Å². The fourth-order valence-corrected chi connectivity index (χ4v) is 3.86. The Morgan fingerprint density at radius 1 is 0.867 bits per heavy atom. The lowest BCUT2D eigenvalue weighted by Crippen LogP contribution is -2.47. The van der Waals surface area contributed by atoms with Gasteiger partial charge in [-0.2, -0.15) is 0 Å². The molecule has 158 valence electrons. The lowest BCUT2D eigenvalue weighted by molar-refractivity contribution is -0.138. The highest BCUT2D eigenvalue weighted by Gasteiger charge is 2.28. The second kappa shape index (κ2) is 9.67. The normalized spacial score (nSPS) is 17.6. The average molecular weight is 409 g/mol. The molecular formula is C22H27N5O3. The van der Waals surface area contributed by atoms with Crippen LogP contribution in [-0.2, 0) is 16.0 Å². The van der Waals surface area contributed by atoms with Gasteiger partial charge in [-0.3, -0.25) is 19.4 Å². The Hall–Kier alpha value is -3.00. The number of ether oxygens (including phenoxy) is 1. The molecule has 2 saturated heterocycles. The van der Waals surface area contributed by atoms with Gasteiger partial charge in [0, 0.05) is 58.0 Å². The number of piperazine rings is 1. The number of likely N-dealkylation sites (tertiary alicyclic amines) is 1. The number of amides is 2. The SMILES string of the molecule is O=C1CCC(=O)N1CCOc1nccnc1N1CCN(CCc2ccccc2)CC1. The standard InChI is InChI=1S/C22H27N5O3/c28-19-6-7-20(29)27(19)16-17-30-22-21(23-9-10-24-22)26-14-12-25(13-15-26)11-8-18-4-2-1-3-5-18/h1-5,9-10H,6-8,11-17H2. The first-order chi connectivity index (χ1) is 14.7. The minimum atomic E-state index is -0.130. The minimum absolute atomic E-state index is 0.130. The molecule has 0 spiro atoms. The first kappa shape index (κ1) is 20.3. The second-order valence-electron chi connectivity index (χ2n) is 7.54. The van der Waals surface area contributed by atoms with Crippen LogP contribution in [0.1, 0.15) is 18.4 Å². The quantitative estimate of drug-likeness (QED) is 0.609. The van der Waals surface area contributed by atoms with Crippen molar-refractivity contribution < 1.29 is 14.3 Å². The highest BCUT2D eigenvalue weighted by molar-refractivity contribution is 6.01. The smallest absolute Gasteiger partial charge is 0.257 e. The monoisotopic (exact) mass is 409 g/mol. The lowest BCUT2D eigenvalue weighted by atomic mass is 10.1. The summed E-state index contributed by atoms with van der Waals surface area (Å²) in [4.78, 5) is 38.2. The van der Waals surface area contributed by atoms with Gasteiger partial charge in [0.05, 0.1) is 6.54 Å². The third-order valence-electron chi connectivity index (χ3n) is 5.59. The van der Waals surface area contributed by atoms with Gasteiger partial charge in [0.25, 0.3) is 5.88 Å². The molecule has 2 aliphatic rings. The van der Waals surface area contributed by atoms with Crippen LogP contribution in [-0.4, -0.2) is 77.5 Å². The maximum atomic E-state index is 11.7. The minimum Gasteiger partial charge on any atom is -0.473 e. The summed E-state index contributed by atoms with van der Waals surface area (Å²) in [6.45, 7) is 5.14. The van der Waals surface area contributed by atoms with E-state index in [2.05, 4.69) is 44.0 Å².